The number of fused-ring (bicyclic) bond motifs is 1. The van der Waals surface area contributed by atoms with Gasteiger partial charge in [0.15, 0.2) is 0 Å². The zero-order chi connectivity index (χ0) is 19.6. The summed E-state index contributed by atoms with van der Waals surface area (Å²) in [5, 5.41) is 5.13. The van der Waals surface area contributed by atoms with Gasteiger partial charge in [0, 0.05) is 30.5 Å². The van der Waals surface area contributed by atoms with Gasteiger partial charge in [0.25, 0.3) is 5.78 Å². The van der Waals surface area contributed by atoms with E-state index in [2.05, 4.69) is 46.3 Å². The molecule has 1 amide bonds. The second kappa shape index (κ2) is 8.08. The van der Waals surface area contributed by atoms with Crippen LogP contribution in [-0.4, -0.2) is 43.7 Å². The lowest BCUT2D eigenvalue weighted by atomic mass is 10.1. The molecule has 0 N–H and O–H groups in total. The maximum Gasteiger partial charge on any atom is 0.253 e. The normalized spacial score (nSPS) is 11.1. The van der Waals surface area contributed by atoms with Crippen molar-refractivity contribution in [2.45, 2.75) is 45.3 Å². The molecule has 142 valence electrons. The lowest BCUT2D eigenvalue weighted by molar-refractivity contribution is -0.129. The molecule has 27 heavy (non-hydrogen) atoms. The van der Waals surface area contributed by atoms with Gasteiger partial charge in [0.1, 0.15) is 0 Å². The van der Waals surface area contributed by atoms with Crippen LogP contribution in [0, 0.1) is 13.8 Å². The third-order valence-corrected chi connectivity index (χ3v) is 5.35. The number of hydrogen-bond acceptors (Lipinski definition) is 5. The van der Waals surface area contributed by atoms with E-state index >= 15 is 0 Å². The minimum atomic E-state index is 0.0622. The summed E-state index contributed by atoms with van der Waals surface area (Å²) in [5.41, 5.74) is 5.09. The Hall–Kier alpha value is -2.41. The van der Waals surface area contributed by atoms with Gasteiger partial charge in [0.05, 0.1) is 6.42 Å². The van der Waals surface area contributed by atoms with Crippen LogP contribution >= 0.6 is 11.8 Å². The van der Waals surface area contributed by atoms with E-state index in [0.717, 1.165) is 28.9 Å². The van der Waals surface area contributed by atoms with Gasteiger partial charge in [-0.1, -0.05) is 43.0 Å². The third-order valence-electron chi connectivity index (χ3n) is 4.82. The lowest BCUT2D eigenvalue weighted by Gasteiger charge is -2.19. The molecule has 0 fully saturated rings. The molecule has 3 rings (SSSR count). The van der Waals surface area contributed by atoms with Gasteiger partial charge in [-0.2, -0.15) is 4.98 Å². The van der Waals surface area contributed by atoms with Crippen molar-refractivity contribution >= 4 is 23.4 Å². The standard InChI is InChI=1S/C20H25N5OS/c1-6-15-7-9-16(10-8-15)12-24(4)18(26)11-17-13(2)21-19-22-20(27-5)23-25(19)14(17)3/h7-10H,6,11-12H2,1-5H3. The highest BCUT2D eigenvalue weighted by atomic mass is 32.2. The topological polar surface area (TPSA) is 63.4 Å². The highest BCUT2D eigenvalue weighted by Gasteiger charge is 2.18. The van der Waals surface area contributed by atoms with Crippen LogP contribution in [0.1, 0.15) is 35.0 Å². The number of benzene rings is 1. The van der Waals surface area contributed by atoms with Gasteiger partial charge in [-0.25, -0.2) is 9.50 Å². The van der Waals surface area contributed by atoms with E-state index < -0.39 is 0 Å². The van der Waals surface area contributed by atoms with Gasteiger partial charge < -0.3 is 4.90 Å². The van der Waals surface area contributed by atoms with E-state index in [1.807, 2.05) is 27.2 Å². The monoisotopic (exact) mass is 383 g/mol. The van der Waals surface area contributed by atoms with Crippen molar-refractivity contribution in [2.75, 3.05) is 13.3 Å². The third kappa shape index (κ3) is 4.13. The molecule has 3 aromatic rings. The van der Waals surface area contributed by atoms with Crippen molar-refractivity contribution in [2.24, 2.45) is 0 Å². The summed E-state index contributed by atoms with van der Waals surface area (Å²) in [4.78, 5) is 23.5. The van der Waals surface area contributed by atoms with Crippen LogP contribution in [0.4, 0.5) is 0 Å². The minimum absolute atomic E-state index is 0.0622. The molecule has 0 aliphatic heterocycles. The number of carbonyl (C=O) groups excluding carboxylic acids is 1. The van der Waals surface area contributed by atoms with Gasteiger partial charge in [-0.15, -0.1) is 5.10 Å². The van der Waals surface area contributed by atoms with E-state index in [0.29, 0.717) is 23.9 Å². The summed E-state index contributed by atoms with van der Waals surface area (Å²) in [6, 6.07) is 8.42. The lowest BCUT2D eigenvalue weighted by Crippen LogP contribution is -2.28. The predicted octanol–water partition coefficient (Wildman–Crippen LogP) is 3.23. The SMILES string of the molecule is CCc1ccc(CN(C)C(=O)Cc2c(C)nc3nc(SC)nn3c2C)cc1. The van der Waals surface area contributed by atoms with E-state index in [9.17, 15) is 4.79 Å². The zero-order valence-corrected chi connectivity index (χ0v) is 17.3. The number of hydrogen-bond donors (Lipinski definition) is 0. The first-order valence-electron chi connectivity index (χ1n) is 9.01. The molecular weight excluding hydrogens is 358 g/mol. The summed E-state index contributed by atoms with van der Waals surface area (Å²) in [7, 11) is 1.84. The summed E-state index contributed by atoms with van der Waals surface area (Å²) >= 11 is 1.48. The van der Waals surface area contributed by atoms with E-state index in [1.165, 1.54) is 17.3 Å². The van der Waals surface area contributed by atoms with Crippen LogP contribution < -0.4 is 0 Å². The molecule has 1 aromatic carbocycles. The van der Waals surface area contributed by atoms with Crippen LogP contribution in [0.25, 0.3) is 5.78 Å². The van der Waals surface area contributed by atoms with E-state index in [-0.39, 0.29) is 5.91 Å². The van der Waals surface area contributed by atoms with E-state index in [4.69, 9.17) is 0 Å². The van der Waals surface area contributed by atoms with Gasteiger partial charge in [-0.05, 0) is 37.7 Å². The van der Waals surface area contributed by atoms with Crippen LogP contribution in [0.2, 0.25) is 0 Å². The molecule has 0 atom stereocenters. The van der Waals surface area contributed by atoms with Crippen molar-refractivity contribution < 1.29 is 4.79 Å². The van der Waals surface area contributed by atoms with Gasteiger partial charge >= 0.3 is 0 Å². The minimum Gasteiger partial charge on any atom is -0.341 e. The van der Waals surface area contributed by atoms with Gasteiger partial charge in [0.2, 0.25) is 11.1 Å². The van der Waals surface area contributed by atoms with Crippen molar-refractivity contribution in [3.05, 3.63) is 52.3 Å². The fraction of sp³-hybridized carbons (Fsp3) is 0.400. The highest BCUT2D eigenvalue weighted by Crippen LogP contribution is 2.18. The summed E-state index contributed by atoms with van der Waals surface area (Å²) in [5.74, 6) is 0.641. The number of rotatable bonds is 6. The summed E-state index contributed by atoms with van der Waals surface area (Å²) in [6.07, 6.45) is 3.26. The maximum absolute atomic E-state index is 12.8. The molecule has 0 radical (unpaired) electrons. The predicted molar refractivity (Wildman–Crippen MR) is 108 cm³/mol. The Morgan fingerprint density at radius 2 is 1.81 bits per heavy atom. The maximum atomic E-state index is 12.8. The van der Waals surface area contributed by atoms with Crippen LogP contribution in [0.3, 0.4) is 0 Å². The van der Waals surface area contributed by atoms with Gasteiger partial charge in [-0.3, -0.25) is 4.79 Å². The molecule has 2 heterocycles. The number of nitrogens with zero attached hydrogens (tertiary/aromatic N) is 5. The number of likely N-dealkylation sites (N-methyl/N-ethyl adjacent to an activating group) is 1. The molecule has 6 nitrogen and oxygen atoms in total. The molecule has 0 saturated heterocycles. The molecule has 0 bridgehead atoms. The first-order valence-corrected chi connectivity index (χ1v) is 10.2. The fourth-order valence-electron chi connectivity index (χ4n) is 3.06. The Bertz CT molecular complexity index is 965. The Kier molecular flexibility index (Phi) is 5.79. The van der Waals surface area contributed by atoms with Crippen LogP contribution in [-0.2, 0) is 24.2 Å². The molecule has 0 unspecified atom stereocenters. The average molecular weight is 384 g/mol. The van der Waals surface area contributed by atoms with Crippen LogP contribution in [0.15, 0.2) is 29.4 Å². The quantitative estimate of drug-likeness (QED) is 0.612. The van der Waals surface area contributed by atoms with Crippen molar-refractivity contribution in [3.8, 4) is 0 Å². The Morgan fingerprint density at radius 1 is 1.15 bits per heavy atom. The number of thioether (sulfide) groups is 1. The van der Waals surface area contributed by atoms with Crippen LogP contribution in [0.5, 0.6) is 0 Å². The fourth-order valence-corrected chi connectivity index (χ4v) is 3.40. The number of aromatic nitrogens is 4. The smallest absolute Gasteiger partial charge is 0.253 e. The Balaban J connectivity index is 1.77. The number of aryl methyl sites for hydroxylation is 3. The number of carbonyl (C=O) groups is 1. The Labute approximate surface area is 164 Å². The van der Waals surface area contributed by atoms with Crippen molar-refractivity contribution in [3.63, 3.8) is 0 Å². The average Bonchev–Trinajstić information content (AvgIpc) is 3.08. The summed E-state index contributed by atoms with van der Waals surface area (Å²) < 4.78 is 1.73. The first-order chi connectivity index (χ1) is 12.9. The molecule has 0 aliphatic rings. The molecule has 2 aromatic heterocycles. The van der Waals surface area contributed by atoms with Crippen molar-refractivity contribution in [1.29, 1.82) is 0 Å². The molecule has 0 spiro atoms. The molecule has 0 aliphatic carbocycles. The summed E-state index contributed by atoms with van der Waals surface area (Å²) in [6.45, 7) is 6.62. The largest absolute Gasteiger partial charge is 0.341 e. The molecular formula is C20H25N5OS. The molecule has 0 saturated carbocycles. The van der Waals surface area contributed by atoms with E-state index in [1.54, 1.807) is 9.42 Å². The zero-order valence-electron chi connectivity index (χ0n) is 16.5. The highest BCUT2D eigenvalue weighted by molar-refractivity contribution is 7.98. The Morgan fingerprint density at radius 3 is 2.44 bits per heavy atom. The first kappa shape index (κ1) is 19.4. The number of amides is 1. The van der Waals surface area contributed by atoms with Crippen molar-refractivity contribution in [1.82, 2.24) is 24.5 Å². The second-order valence-electron chi connectivity index (χ2n) is 6.67. The molecule has 7 heteroatoms. The second-order valence-corrected chi connectivity index (χ2v) is 7.44.